The molecule has 4 rings (SSSR count). The Morgan fingerprint density at radius 2 is 0.812 bits per heavy atom. The molecule has 0 spiro atoms. The quantitative estimate of drug-likeness (QED) is 0.191. The van der Waals surface area contributed by atoms with Gasteiger partial charge in [-0.1, -0.05) is 25.7 Å². The zero-order chi connectivity index (χ0) is 36.8. The summed E-state index contributed by atoms with van der Waals surface area (Å²) < 4.78 is 5.14. The first kappa shape index (κ1) is 45.7. The molecule has 3 aliphatic carbocycles. The van der Waals surface area contributed by atoms with Crippen molar-refractivity contribution in [2.24, 2.45) is 5.92 Å². The molecule has 1 aliphatic heterocycles. The van der Waals surface area contributed by atoms with E-state index in [9.17, 15) is 20.4 Å². The Balaban J connectivity index is 0.000000320. The molecule has 8 atom stereocenters. The predicted octanol–water partition coefficient (Wildman–Crippen LogP) is 5.42. The predicted molar refractivity (Wildman–Crippen MR) is 202 cm³/mol. The largest absolute Gasteiger partial charge is 0.396 e. The van der Waals surface area contributed by atoms with E-state index in [0.29, 0.717) is 37.3 Å². The number of ether oxygens (including phenoxy) is 1. The molecule has 9 heteroatoms. The third-order valence-electron chi connectivity index (χ3n) is 9.15. The summed E-state index contributed by atoms with van der Waals surface area (Å²) in [6.07, 6.45) is 13.1. The lowest BCUT2D eigenvalue weighted by atomic mass is 9.84. The van der Waals surface area contributed by atoms with Crippen molar-refractivity contribution in [2.45, 2.75) is 225 Å². The SMILES string of the molecule is CC(C)(C)N[C@H]1CCCC[C@@H]1CO.CC(C)(C)N[C@H]1CCCC[C@@H]1O.CC(C)(C)N[C@H]1CCC[C@@H]1O.CC(C)(C)N[C@H]1CCOC[C@@H]1O. The summed E-state index contributed by atoms with van der Waals surface area (Å²) in [7, 11) is 0. The summed E-state index contributed by atoms with van der Waals surface area (Å²) in [5.74, 6) is 0.480. The summed E-state index contributed by atoms with van der Waals surface area (Å²) in [4.78, 5) is 0. The third-order valence-corrected chi connectivity index (χ3v) is 9.15. The summed E-state index contributed by atoms with van der Waals surface area (Å²) in [6, 6.07) is 1.37. The fraction of sp³-hybridized carbons (Fsp3) is 1.00. The fourth-order valence-corrected chi connectivity index (χ4v) is 7.12. The molecule has 0 aromatic heterocycles. The second-order valence-electron chi connectivity index (χ2n) is 19.0. The first-order valence-corrected chi connectivity index (χ1v) is 19.3. The van der Waals surface area contributed by atoms with Crippen LogP contribution in [0.2, 0.25) is 0 Å². The minimum absolute atomic E-state index is 0.0724. The normalized spacial score (nSPS) is 31.8. The molecule has 0 bridgehead atoms. The maximum Gasteiger partial charge on any atom is 0.0927 e. The highest BCUT2D eigenvalue weighted by atomic mass is 16.5. The summed E-state index contributed by atoms with van der Waals surface area (Å²) in [5.41, 5.74) is 0.511. The second kappa shape index (κ2) is 21.2. The van der Waals surface area contributed by atoms with Crippen molar-refractivity contribution in [3.8, 4) is 0 Å². The van der Waals surface area contributed by atoms with Gasteiger partial charge in [0.2, 0.25) is 0 Å². The molecule has 4 fully saturated rings. The van der Waals surface area contributed by atoms with E-state index in [-0.39, 0.29) is 46.5 Å². The van der Waals surface area contributed by atoms with Crippen molar-refractivity contribution >= 4 is 0 Å². The van der Waals surface area contributed by atoms with Gasteiger partial charge in [-0.2, -0.15) is 0 Å². The molecule has 288 valence electrons. The molecule has 0 radical (unpaired) electrons. The van der Waals surface area contributed by atoms with Crippen LogP contribution in [0.15, 0.2) is 0 Å². The van der Waals surface area contributed by atoms with E-state index in [1.807, 2.05) is 0 Å². The van der Waals surface area contributed by atoms with Crippen molar-refractivity contribution in [2.75, 3.05) is 19.8 Å². The highest BCUT2D eigenvalue weighted by Gasteiger charge is 2.30. The van der Waals surface area contributed by atoms with Gasteiger partial charge in [-0.15, -0.1) is 0 Å². The van der Waals surface area contributed by atoms with Crippen LogP contribution in [0.4, 0.5) is 0 Å². The topological polar surface area (TPSA) is 138 Å². The van der Waals surface area contributed by atoms with Gasteiger partial charge in [0.1, 0.15) is 0 Å². The Labute approximate surface area is 296 Å². The Morgan fingerprint density at radius 1 is 0.458 bits per heavy atom. The standard InChI is InChI=1S/C11H23NO.C10H21NO.C9H19NO2.C9H19NO/c1-11(2,3)12-10-7-5-4-6-9(10)8-13;1-10(2,3)11-8-6-4-5-7-9(8)12;1-9(2,3)10-7-4-5-12-6-8(7)11;1-9(2,3)10-7-5-4-6-8(7)11/h9-10,12-13H,4-8H2,1-3H3;8-9,11-12H,4-7H2,1-3H3;7-8,10-11H,4-6H2,1-3H3;7-8,10-11H,4-6H2,1-3H3/t9-,10+;8-,9-;2*7-,8-/m1000/s1. The van der Waals surface area contributed by atoms with E-state index in [4.69, 9.17) is 4.74 Å². The van der Waals surface area contributed by atoms with Crippen LogP contribution in [0.1, 0.15) is 160 Å². The summed E-state index contributed by atoms with van der Waals surface area (Å²) in [6.45, 7) is 27.3. The molecule has 0 unspecified atom stereocenters. The smallest absolute Gasteiger partial charge is 0.0927 e. The Kier molecular flexibility index (Phi) is 20.2. The first-order valence-electron chi connectivity index (χ1n) is 19.3. The molecule has 1 heterocycles. The van der Waals surface area contributed by atoms with Crippen LogP contribution in [0.25, 0.3) is 0 Å². The highest BCUT2D eigenvalue weighted by molar-refractivity contribution is 4.89. The third kappa shape index (κ3) is 21.8. The van der Waals surface area contributed by atoms with Crippen molar-refractivity contribution in [3.63, 3.8) is 0 Å². The Morgan fingerprint density at radius 3 is 1.21 bits per heavy atom. The highest BCUT2D eigenvalue weighted by Crippen LogP contribution is 2.26. The van der Waals surface area contributed by atoms with Crippen LogP contribution in [0.5, 0.6) is 0 Å². The zero-order valence-corrected chi connectivity index (χ0v) is 33.4. The lowest BCUT2D eigenvalue weighted by molar-refractivity contribution is -0.0331. The van der Waals surface area contributed by atoms with Crippen molar-refractivity contribution in [1.29, 1.82) is 0 Å². The Bertz CT molecular complexity index is 798. The van der Waals surface area contributed by atoms with Crippen molar-refractivity contribution in [3.05, 3.63) is 0 Å². The van der Waals surface area contributed by atoms with Gasteiger partial charge in [-0.3, -0.25) is 0 Å². The van der Waals surface area contributed by atoms with Crippen LogP contribution in [0.3, 0.4) is 0 Å². The molecule has 9 nitrogen and oxygen atoms in total. The number of aliphatic hydroxyl groups is 4. The van der Waals surface area contributed by atoms with Crippen LogP contribution < -0.4 is 21.3 Å². The first-order chi connectivity index (χ1) is 22.0. The average molecular weight is 687 g/mol. The van der Waals surface area contributed by atoms with E-state index in [1.165, 1.54) is 38.5 Å². The average Bonchev–Trinajstić information content (AvgIpc) is 3.33. The van der Waals surface area contributed by atoms with Gasteiger partial charge in [-0.25, -0.2) is 0 Å². The minimum atomic E-state index is -0.349. The molecule has 3 saturated carbocycles. The number of aliphatic hydroxyl groups excluding tert-OH is 4. The number of hydrogen-bond donors (Lipinski definition) is 8. The molecular formula is C39H82N4O5. The van der Waals surface area contributed by atoms with E-state index in [0.717, 1.165) is 45.1 Å². The van der Waals surface area contributed by atoms with E-state index in [1.54, 1.807) is 0 Å². The molecule has 0 aromatic carbocycles. The lowest BCUT2D eigenvalue weighted by Gasteiger charge is -2.36. The Hall–Kier alpha value is -0.360. The maximum atomic E-state index is 9.67. The van der Waals surface area contributed by atoms with E-state index in [2.05, 4.69) is 104 Å². The lowest BCUT2D eigenvalue weighted by Crippen LogP contribution is -2.53. The molecule has 0 amide bonds. The molecular weight excluding hydrogens is 604 g/mol. The van der Waals surface area contributed by atoms with Gasteiger partial charge in [0, 0.05) is 59.5 Å². The summed E-state index contributed by atoms with van der Waals surface area (Å²) >= 11 is 0. The summed E-state index contributed by atoms with van der Waals surface area (Å²) in [5, 5.41) is 51.8. The molecule has 48 heavy (non-hydrogen) atoms. The van der Waals surface area contributed by atoms with Gasteiger partial charge in [0.05, 0.1) is 24.9 Å². The van der Waals surface area contributed by atoms with Crippen LogP contribution in [-0.2, 0) is 4.74 Å². The molecule has 1 saturated heterocycles. The van der Waals surface area contributed by atoms with E-state index < -0.39 is 0 Å². The molecule has 4 aliphatic rings. The number of hydrogen-bond acceptors (Lipinski definition) is 9. The minimum Gasteiger partial charge on any atom is -0.396 e. The van der Waals surface area contributed by atoms with Gasteiger partial charge in [0.15, 0.2) is 0 Å². The van der Waals surface area contributed by atoms with Crippen LogP contribution >= 0.6 is 0 Å². The van der Waals surface area contributed by atoms with Crippen molar-refractivity contribution in [1.82, 2.24) is 21.3 Å². The molecule has 8 N–H and O–H groups in total. The second-order valence-corrected chi connectivity index (χ2v) is 19.0. The van der Waals surface area contributed by atoms with Crippen LogP contribution in [-0.4, -0.2) is 105 Å². The van der Waals surface area contributed by atoms with Gasteiger partial charge >= 0.3 is 0 Å². The number of rotatable bonds is 5. The van der Waals surface area contributed by atoms with Crippen molar-refractivity contribution < 1.29 is 25.2 Å². The van der Waals surface area contributed by atoms with Gasteiger partial charge in [0.25, 0.3) is 0 Å². The number of nitrogens with one attached hydrogen (secondary N) is 4. The van der Waals surface area contributed by atoms with Gasteiger partial charge < -0.3 is 46.4 Å². The van der Waals surface area contributed by atoms with Crippen LogP contribution in [0, 0.1) is 5.92 Å². The maximum absolute atomic E-state index is 9.67. The zero-order valence-electron chi connectivity index (χ0n) is 33.4. The fourth-order valence-electron chi connectivity index (χ4n) is 7.12. The molecule has 0 aromatic rings. The monoisotopic (exact) mass is 687 g/mol. The van der Waals surface area contributed by atoms with Gasteiger partial charge in [-0.05, 0) is 140 Å². The van der Waals surface area contributed by atoms with E-state index >= 15 is 0 Å².